The van der Waals surface area contributed by atoms with E-state index in [0.717, 1.165) is 24.1 Å². The van der Waals surface area contributed by atoms with Crippen molar-refractivity contribution in [1.82, 2.24) is 0 Å². The molecule has 0 bridgehead atoms. The molecule has 0 spiro atoms. The fourth-order valence-corrected chi connectivity index (χ4v) is 1.62. The van der Waals surface area contributed by atoms with Crippen molar-refractivity contribution < 1.29 is 4.39 Å². The van der Waals surface area contributed by atoms with Crippen molar-refractivity contribution in [3.63, 3.8) is 0 Å². The zero-order valence-corrected chi connectivity index (χ0v) is 8.33. The van der Waals surface area contributed by atoms with Gasteiger partial charge in [0.25, 0.3) is 0 Å². The fourth-order valence-electron chi connectivity index (χ4n) is 1.62. The molecule has 0 aliphatic carbocycles. The van der Waals surface area contributed by atoms with Gasteiger partial charge in [-0.05, 0) is 43.5 Å². The first-order valence-electron chi connectivity index (χ1n) is 4.30. The summed E-state index contributed by atoms with van der Waals surface area (Å²) in [6.07, 6.45) is 2.08. The normalized spacial score (nSPS) is 19.7. The van der Waals surface area contributed by atoms with Gasteiger partial charge < -0.3 is 5.32 Å². The quantitative estimate of drug-likeness (QED) is 0.681. The van der Waals surface area contributed by atoms with Crippen LogP contribution in [0.4, 0.5) is 10.1 Å². The summed E-state index contributed by atoms with van der Waals surface area (Å²) in [5.74, 6) is -0.134. The number of benzene rings is 1. The number of hydrogen-bond acceptors (Lipinski definition) is 1. The van der Waals surface area contributed by atoms with Crippen LogP contribution in [0.15, 0.2) is 18.2 Å². The molecule has 1 heterocycles. The molecule has 0 amide bonds. The standard InChI is InChI=1S/C10H12FN.ClH/c1-7-2-3-8-6-9(11)4-5-10(8)12-7;/h4-7,12H,2-3H2,1H3;1H/t7-;/m1./s1. The van der Waals surface area contributed by atoms with Gasteiger partial charge in [-0.2, -0.15) is 0 Å². The average Bonchev–Trinajstić information content (AvgIpc) is 2.05. The van der Waals surface area contributed by atoms with E-state index < -0.39 is 0 Å². The second-order valence-corrected chi connectivity index (χ2v) is 3.39. The highest BCUT2D eigenvalue weighted by molar-refractivity contribution is 5.85. The molecule has 1 atom stereocenters. The highest BCUT2D eigenvalue weighted by Crippen LogP contribution is 2.24. The lowest BCUT2D eigenvalue weighted by atomic mass is 9.99. The smallest absolute Gasteiger partial charge is 0.123 e. The van der Waals surface area contributed by atoms with Gasteiger partial charge in [0.2, 0.25) is 0 Å². The Morgan fingerprint density at radius 1 is 1.46 bits per heavy atom. The minimum absolute atomic E-state index is 0. The van der Waals surface area contributed by atoms with E-state index >= 15 is 0 Å². The zero-order valence-electron chi connectivity index (χ0n) is 7.51. The Kier molecular flexibility index (Phi) is 3.15. The number of rotatable bonds is 0. The van der Waals surface area contributed by atoms with Crippen LogP contribution in [0.5, 0.6) is 0 Å². The van der Waals surface area contributed by atoms with E-state index in [1.54, 1.807) is 6.07 Å². The minimum atomic E-state index is -0.134. The van der Waals surface area contributed by atoms with Crippen molar-refractivity contribution in [2.24, 2.45) is 0 Å². The van der Waals surface area contributed by atoms with E-state index in [4.69, 9.17) is 0 Å². The van der Waals surface area contributed by atoms with Crippen molar-refractivity contribution in [3.8, 4) is 0 Å². The molecule has 0 fully saturated rings. The molecular weight excluding hydrogens is 189 g/mol. The molecule has 0 aromatic heterocycles. The van der Waals surface area contributed by atoms with Crippen LogP contribution >= 0.6 is 12.4 Å². The lowest BCUT2D eigenvalue weighted by Gasteiger charge is -2.23. The van der Waals surface area contributed by atoms with Crippen molar-refractivity contribution in [3.05, 3.63) is 29.6 Å². The average molecular weight is 202 g/mol. The predicted molar refractivity (Wildman–Crippen MR) is 55.1 cm³/mol. The number of halogens is 2. The molecule has 0 radical (unpaired) electrons. The number of hydrogen-bond donors (Lipinski definition) is 1. The molecule has 1 aliphatic rings. The monoisotopic (exact) mass is 201 g/mol. The lowest BCUT2D eigenvalue weighted by molar-refractivity contribution is 0.617. The summed E-state index contributed by atoms with van der Waals surface area (Å²) in [6.45, 7) is 2.15. The molecular formula is C10H13ClFN. The molecule has 0 saturated carbocycles. The first-order valence-corrected chi connectivity index (χ1v) is 4.30. The summed E-state index contributed by atoms with van der Waals surface area (Å²) in [7, 11) is 0. The summed E-state index contributed by atoms with van der Waals surface area (Å²) in [4.78, 5) is 0. The molecule has 13 heavy (non-hydrogen) atoms. The predicted octanol–water partition coefficient (Wildman–Crippen LogP) is 2.99. The second kappa shape index (κ2) is 3.97. The first kappa shape index (κ1) is 10.3. The van der Waals surface area contributed by atoms with Gasteiger partial charge in [0.15, 0.2) is 0 Å². The van der Waals surface area contributed by atoms with Gasteiger partial charge >= 0.3 is 0 Å². The van der Waals surface area contributed by atoms with Crippen LogP contribution < -0.4 is 5.32 Å². The van der Waals surface area contributed by atoms with Crippen LogP contribution in [-0.4, -0.2) is 6.04 Å². The van der Waals surface area contributed by atoms with Crippen LogP contribution in [-0.2, 0) is 6.42 Å². The molecule has 72 valence electrons. The summed E-state index contributed by atoms with van der Waals surface area (Å²) in [6, 6.07) is 5.46. The molecule has 2 rings (SSSR count). The van der Waals surface area contributed by atoms with Gasteiger partial charge in [-0.15, -0.1) is 12.4 Å². The Labute approximate surface area is 83.8 Å². The maximum absolute atomic E-state index is 12.8. The number of anilines is 1. The summed E-state index contributed by atoms with van der Waals surface area (Å²) >= 11 is 0. The minimum Gasteiger partial charge on any atom is -0.382 e. The van der Waals surface area contributed by atoms with E-state index in [0.29, 0.717) is 6.04 Å². The van der Waals surface area contributed by atoms with E-state index in [-0.39, 0.29) is 18.2 Å². The highest BCUT2D eigenvalue weighted by Gasteiger charge is 2.13. The zero-order chi connectivity index (χ0) is 8.55. The maximum Gasteiger partial charge on any atom is 0.123 e. The Balaban J connectivity index is 0.000000845. The third-order valence-electron chi connectivity index (χ3n) is 2.32. The van der Waals surface area contributed by atoms with Crippen LogP contribution in [0.3, 0.4) is 0 Å². The largest absolute Gasteiger partial charge is 0.382 e. The molecule has 3 heteroatoms. The van der Waals surface area contributed by atoms with Gasteiger partial charge in [0.05, 0.1) is 0 Å². The van der Waals surface area contributed by atoms with E-state index in [1.165, 1.54) is 6.07 Å². The Bertz CT molecular complexity index is 301. The highest BCUT2D eigenvalue weighted by atomic mass is 35.5. The Morgan fingerprint density at radius 3 is 3.00 bits per heavy atom. The SMILES string of the molecule is C[C@@H]1CCc2cc(F)ccc2N1.Cl. The summed E-state index contributed by atoms with van der Waals surface area (Å²) in [5, 5.41) is 3.32. The van der Waals surface area contributed by atoms with Crippen molar-refractivity contribution in [1.29, 1.82) is 0 Å². The van der Waals surface area contributed by atoms with Gasteiger partial charge in [0, 0.05) is 11.7 Å². The van der Waals surface area contributed by atoms with Crippen LogP contribution in [0.1, 0.15) is 18.9 Å². The van der Waals surface area contributed by atoms with Crippen molar-refractivity contribution in [2.45, 2.75) is 25.8 Å². The van der Waals surface area contributed by atoms with Gasteiger partial charge in [-0.3, -0.25) is 0 Å². The van der Waals surface area contributed by atoms with Crippen LogP contribution in [0.2, 0.25) is 0 Å². The summed E-state index contributed by atoms with van der Waals surface area (Å²) < 4.78 is 12.8. The molecule has 1 nitrogen and oxygen atoms in total. The van der Waals surface area contributed by atoms with Crippen molar-refractivity contribution in [2.75, 3.05) is 5.32 Å². The van der Waals surface area contributed by atoms with Crippen LogP contribution in [0.25, 0.3) is 0 Å². The molecule has 0 saturated heterocycles. The van der Waals surface area contributed by atoms with E-state index in [9.17, 15) is 4.39 Å². The number of nitrogens with one attached hydrogen (secondary N) is 1. The van der Waals surface area contributed by atoms with E-state index in [2.05, 4.69) is 12.2 Å². The maximum atomic E-state index is 12.8. The molecule has 1 N–H and O–H groups in total. The lowest BCUT2D eigenvalue weighted by Crippen LogP contribution is -2.21. The van der Waals surface area contributed by atoms with Crippen LogP contribution in [0, 0.1) is 5.82 Å². The summed E-state index contributed by atoms with van der Waals surface area (Å²) in [5.41, 5.74) is 2.20. The topological polar surface area (TPSA) is 12.0 Å². The van der Waals surface area contributed by atoms with E-state index in [1.807, 2.05) is 6.07 Å². The van der Waals surface area contributed by atoms with Gasteiger partial charge in [-0.25, -0.2) is 4.39 Å². The number of aryl methyl sites for hydroxylation is 1. The Morgan fingerprint density at radius 2 is 2.23 bits per heavy atom. The number of fused-ring (bicyclic) bond motifs is 1. The van der Waals surface area contributed by atoms with Gasteiger partial charge in [0.1, 0.15) is 5.82 Å². The van der Waals surface area contributed by atoms with Gasteiger partial charge in [-0.1, -0.05) is 0 Å². The molecule has 1 aromatic rings. The Hall–Kier alpha value is -0.760. The fraction of sp³-hybridized carbons (Fsp3) is 0.400. The third-order valence-corrected chi connectivity index (χ3v) is 2.32. The molecule has 0 unspecified atom stereocenters. The third kappa shape index (κ3) is 2.13. The first-order chi connectivity index (χ1) is 5.75. The van der Waals surface area contributed by atoms with Crippen molar-refractivity contribution >= 4 is 18.1 Å². The second-order valence-electron chi connectivity index (χ2n) is 3.39. The molecule has 1 aliphatic heterocycles. The molecule has 1 aromatic carbocycles.